The SMILES string of the molecule is CCNC(=NCC1CCN(Cc2nc(C)c(C)o2)CC1)NCCCN1CCCC1=O. The van der Waals surface area contributed by atoms with E-state index in [1.807, 2.05) is 18.7 Å². The van der Waals surface area contributed by atoms with Crippen molar-refractivity contribution in [1.29, 1.82) is 0 Å². The van der Waals surface area contributed by atoms with Gasteiger partial charge in [-0.2, -0.15) is 0 Å². The van der Waals surface area contributed by atoms with Gasteiger partial charge in [-0.15, -0.1) is 0 Å². The van der Waals surface area contributed by atoms with Crippen LogP contribution >= 0.6 is 0 Å². The molecule has 3 heterocycles. The fraction of sp³-hybridized carbons (Fsp3) is 0.773. The lowest BCUT2D eigenvalue weighted by atomic mass is 9.97. The van der Waals surface area contributed by atoms with Crippen molar-refractivity contribution in [2.24, 2.45) is 10.9 Å². The van der Waals surface area contributed by atoms with Gasteiger partial charge in [-0.3, -0.25) is 14.7 Å². The van der Waals surface area contributed by atoms with Crippen LogP contribution in [0.4, 0.5) is 0 Å². The van der Waals surface area contributed by atoms with Crippen molar-refractivity contribution in [2.75, 3.05) is 45.8 Å². The maximum Gasteiger partial charge on any atom is 0.222 e. The predicted octanol–water partition coefficient (Wildman–Crippen LogP) is 2.07. The van der Waals surface area contributed by atoms with Crippen LogP contribution in [0, 0.1) is 19.8 Å². The van der Waals surface area contributed by atoms with E-state index in [-0.39, 0.29) is 0 Å². The molecular weight excluding hydrogens is 380 g/mol. The van der Waals surface area contributed by atoms with Gasteiger partial charge >= 0.3 is 0 Å². The van der Waals surface area contributed by atoms with Gasteiger partial charge in [-0.1, -0.05) is 0 Å². The summed E-state index contributed by atoms with van der Waals surface area (Å²) in [6.45, 7) is 13.3. The third kappa shape index (κ3) is 6.72. The Balaban J connectivity index is 1.35. The molecule has 2 saturated heterocycles. The number of carbonyl (C=O) groups excluding carboxylic acids is 1. The number of aromatic nitrogens is 1. The minimum atomic E-state index is 0.301. The van der Waals surface area contributed by atoms with Crippen LogP contribution in [-0.2, 0) is 11.3 Å². The van der Waals surface area contributed by atoms with Gasteiger partial charge in [0.25, 0.3) is 0 Å². The van der Waals surface area contributed by atoms with Gasteiger partial charge in [0, 0.05) is 39.1 Å². The van der Waals surface area contributed by atoms with Gasteiger partial charge in [0.15, 0.2) is 5.96 Å². The molecule has 0 spiro atoms. The molecule has 0 aliphatic carbocycles. The number of guanidine groups is 1. The van der Waals surface area contributed by atoms with Crippen molar-refractivity contribution in [3.05, 3.63) is 17.3 Å². The molecule has 2 aliphatic rings. The third-order valence-corrected chi connectivity index (χ3v) is 6.06. The Bertz CT molecular complexity index is 689. The standard InChI is InChI=1S/C22H38N6O2/c1-4-23-22(24-10-6-12-28-11-5-7-21(28)29)25-15-19-8-13-27(14-9-19)16-20-26-17(2)18(3)30-20/h19H,4-16H2,1-3H3,(H2,23,24,25). The molecule has 0 bridgehead atoms. The monoisotopic (exact) mass is 418 g/mol. The summed E-state index contributed by atoms with van der Waals surface area (Å²) in [7, 11) is 0. The van der Waals surface area contributed by atoms with Gasteiger partial charge in [0.2, 0.25) is 11.8 Å². The van der Waals surface area contributed by atoms with Crippen molar-refractivity contribution in [1.82, 2.24) is 25.4 Å². The number of hydrogen-bond acceptors (Lipinski definition) is 5. The van der Waals surface area contributed by atoms with Crippen LogP contribution < -0.4 is 10.6 Å². The first-order valence-electron chi connectivity index (χ1n) is 11.5. The Morgan fingerprint density at radius 3 is 2.67 bits per heavy atom. The smallest absolute Gasteiger partial charge is 0.222 e. The number of hydrogen-bond donors (Lipinski definition) is 2. The fourth-order valence-electron chi connectivity index (χ4n) is 4.10. The lowest BCUT2D eigenvalue weighted by molar-refractivity contribution is -0.127. The number of aryl methyl sites for hydroxylation is 2. The Hall–Kier alpha value is -2.09. The largest absolute Gasteiger partial charge is 0.444 e. The highest BCUT2D eigenvalue weighted by Crippen LogP contribution is 2.20. The summed E-state index contributed by atoms with van der Waals surface area (Å²) >= 11 is 0. The number of nitrogens with zero attached hydrogens (tertiary/aromatic N) is 4. The zero-order chi connectivity index (χ0) is 21.3. The molecule has 1 amide bonds. The highest BCUT2D eigenvalue weighted by Gasteiger charge is 2.21. The minimum Gasteiger partial charge on any atom is -0.444 e. The third-order valence-electron chi connectivity index (χ3n) is 6.06. The Labute approximate surface area is 180 Å². The average molecular weight is 419 g/mol. The molecule has 1 aromatic rings. The van der Waals surface area contributed by atoms with E-state index in [0.29, 0.717) is 18.2 Å². The summed E-state index contributed by atoms with van der Waals surface area (Å²) in [5.74, 6) is 3.56. The van der Waals surface area contributed by atoms with Gasteiger partial charge in [-0.25, -0.2) is 4.98 Å². The molecule has 3 rings (SSSR count). The van der Waals surface area contributed by atoms with Crippen LogP contribution in [0.2, 0.25) is 0 Å². The quantitative estimate of drug-likeness (QED) is 0.363. The summed E-state index contributed by atoms with van der Waals surface area (Å²) in [6, 6.07) is 0. The summed E-state index contributed by atoms with van der Waals surface area (Å²) in [5.41, 5.74) is 0.990. The molecular formula is C22H38N6O2. The first-order valence-corrected chi connectivity index (χ1v) is 11.5. The predicted molar refractivity (Wildman–Crippen MR) is 118 cm³/mol. The fourth-order valence-corrected chi connectivity index (χ4v) is 4.10. The molecule has 0 radical (unpaired) electrons. The number of piperidine rings is 1. The number of carbonyl (C=O) groups is 1. The van der Waals surface area contributed by atoms with E-state index < -0.39 is 0 Å². The second kappa shape index (κ2) is 11.3. The van der Waals surface area contributed by atoms with E-state index in [4.69, 9.17) is 9.41 Å². The van der Waals surface area contributed by atoms with Crippen molar-refractivity contribution < 1.29 is 9.21 Å². The first kappa shape index (κ1) is 22.6. The number of amides is 1. The summed E-state index contributed by atoms with van der Waals surface area (Å²) in [6.07, 6.45) is 4.98. The molecule has 0 atom stereocenters. The average Bonchev–Trinajstić information content (AvgIpc) is 3.28. The second-order valence-corrected chi connectivity index (χ2v) is 8.45. The zero-order valence-corrected chi connectivity index (χ0v) is 18.9. The highest BCUT2D eigenvalue weighted by atomic mass is 16.4. The number of likely N-dealkylation sites (tertiary alicyclic amines) is 2. The molecule has 8 heteroatoms. The van der Waals surface area contributed by atoms with Crippen LogP contribution in [0.3, 0.4) is 0 Å². The lowest BCUT2D eigenvalue weighted by Crippen LogP contribution is -2.40. The van der Waals surface area contributed by atoms with Crippen LogP contribution in [0.5, 0.6) is 0 Å². The second-order valence-electron chi connectivity index (χ2n) is 8.45. The van der Waals surface area contributed by atoms with Crippen molar-refractivity contribution in [3.63, 3.8) is 0 Å². The van der Waals surface area contributed by atoms with E-state index in [9.17, 15) is 4.79 Å². The molecule has 30 heavy (non-hydrogen) atoms. The van der Waals surface area contributed by atoms with E-state index in [1.165, 1.54) is 0 Å². The maximum absolute atomic E-state index is 11.7. The number of oxazole rings is 1. The normalized spacial score (nSPS) is 19.0. The molecule has 0 saturated carbocycles. The summed E-state index contributed by atoms with van der Waals surface area (Å²) in [4.78, 5) is 25.4. The van der Waals surface area contributed by atoms with Crippen molar-refractivity contribution in [3.8, 4) is 0 Å². The first-order chi connectivity index (χ1) is 14.5. The van der Waals surface area contributed by atoms with E-state index >= 15 is 0 Å². The Morgan fingerprint density at radius 2 is 2.03 bits per heavy atom. The highest BCUT2D eigenvalue weighted by molar-refractivity contribution is 5.79. The Morgan fingerprint density at radius 1 is 1.23 bits per heavy atom. The molecule has 168 valence electrons. The maximum atomic E-state index is 11.7. The van der Waals surface area contributed by atoms with Crippen LogP contribution in [0.1, 0.15) is 56.4 Å². The van der Waals surface area contributed by atoms with E-state index in [2.05, 4.69) is 27.4 Å². The summed E-state index contributed by atoms with van der Waals surface area (Å²) in [5, 5.41) is 6.75. The van der Waals surface area contributed by atoms with Crippen LogP contribution in [0.15, 0.2) is 9.41 Å². The van der Waals surface area contributed by atoms with Gasteiger partial charge in [0.1, 0.15) is 5.76 Å². The van der Waals surface area contributed by atoms with Crippen molar-refractivity contribution >= 4 is 11.9 Å². The van der Waals surface area contributed by atoms with E-state index in [1.54, 1.807) is 0 Å². The van der Waals surface area contributed by atoms with Crippen molar-refractivity contribution in [2.45, 2.75) is 59.4 Å². The Kier molecular flexibility index (Phi) is 8.54. The van der Waals surface area contributed by atoms with Gasteiger partial charge in [-0.05, 0) is 65.5 Å². The topological polar surface area (TPSA) is 86.0 Å². The molecule has 2 fully saturated rings. The molecule has 2 N–H and O–H groups in total. The number of aliphatic imine (C=N–C) groups is 1. The molecule has 2 aliphatic heterocycles. The number of nitrogens with one attached hydrogen (secondary N) is 2. The lowest BCUT2D eigenvalue weighted by Gasteiger charge is -2.30. The zero-order valence-electron chi connectivity index (χ0n) is 18.9. The molecule has 1 aromatic heterocycles. The van der Waals surface area contributed by atoms with Gasteiger partial charge < -0.3 is 20.0 Å². The van der Waals surface area contributed by atoms with Gasteiger partial charge in [0.05, 0.1) is 12.2 Å². The van der Waals surface area contributed by atoms with Crippen LogP contribution in [-0.4, -0.2) is 72.5 Å². The molecule has 8 nitrogen and oxygen atoms in total. The molecule has 0 unspecified atom stereocenters. The van der Waals surface area contributed by atoms with E-state index in [0.717, 1.165) is 101 Å². The number of rotatable bonds is 9. The summed E-state index contributed by atoms with van der Waals surface area (Å²) < 4.78 is 5.72. The molecule has 0 aromatic carbocycles. The van der Waals surface area contributed by atoms with Crippen LogP contribution in [0.25, 0.3) is 0 Å². The minimum absolute atomic E-state index is 0.301.